The minimum atomic E-state index is -1.45. The Morgan fingerprint density at radius 3 is 2.19 bits per heavy atom. The molecule has 0 saturated carbocycles. The second kappa shape index (κ2) is 9.35. The predicted molar refractivity (Wildman–Crippen MR) is 75.5 cm³/mol. The minimum Gasteiger partial charge on any atom is -0.438 e. The van der Waals surface area contributed by atoms with Gasteiger partial charge in [0, 0.05) is 6.61 Å². The Kier molecular flexibility index (Phi) is 9.54. The Hall–Kier alpha value is 0.314. The summed E-state index contributed by atoms with van der Waals surface area (Å²) >= 11 is 0. The first-order valence-corrected chi connectivity index (χ1v) is 11.2. The third-order valence-electron chi connectivity index (χ3n) is 3.16. The highest BCUT2D eigenvalue weighted by molar-refractivity contribution is 6.78. The lowest BCUT2D eigenvalue weighted by Crippen LogP contribution is -2.41. The van der Waals surface area contributed by atoms with Crippen molar-refractivity contribution in [2.24, 2.45) is 5.73 Å². The SMILES string of the molecule is CCO[SiH](CCCCN)O[Si](C)(CC)CC. The summed E-state index contributed by atoms with van der Waals surface area (Å²) in [6, 6.07) is 3.50. The molecule has 0 spiro atoms. The van der Waals surface area contributed by atoms with Crippen molar-refractivity contribution in [3.05, 3.63) is 0 Å². The molecule has 0 aromatic carbocycles. The van der Waals surface area contributed by atoms with E-state index in [1.807, 2.05) is 0 Å². The molecule has 0 heterocycles. The second-order valence-corrected chi connectivity index (χ2v) is 11.5. The Labute approximate surface area is 104 Å². The summed E-state index contributed by atoms with van der Waals surface area (Å²) < 4.78 is 12.1. The molecule has 0 bridgehead atoms. The Morgan fingerprint density at radius 1 is 1.12 bits per heavy atom. The lowest BCUT2D eigenvalue weighted by atomic mass is 10.3. The Morgan fingerprint density at radius 2 is 1.75 bits per heavy atom. The zero-order valence-electron chi connectivity index (χ0n) is 11.4. The van der Waals surface area contributed by atoms with Crippen molar-refractivity contribution < 1.29 is 8.54 Å². The van der Waals surface area contributed by atoms with Crippen molar-refractivity contribution in [3.63, 3.8) is 0 Å². The van der Waals surface area contributed by atoms with E-state index >= 15 is 0 Å². The molecule has 2 N–H and O–H groups in total. The van der Waals surface area contributed by atoms with Gasteiger partial charge in [-0.15, -0.1) is 0 Å². The maximum atomic E-state index is 6.34. The van der Waals surface area contributed by atoms with Gasteiger partial charge in [-0.25, -0.2) is 0 Å². The monoisotopic (exact) mass is 263 g/mol. The van der Waals surface area contributed by atoms with Gasteiger partial charge in [0.1, 0.15) is 0 Å². The van der Waals surface area contributed by atoms with E-state index in [9.17, 15) is 0 Å². The smallest absolute Gasteiger partial charge is 0.311 e. The standard InChI is InChI=1S/C11H29NO2Si2/c1-5-13-15(11-9-8-10-12)14-16(4,6-2)7-3/h15H,5-12H2,1-4H3. The highest BCUT2D eigenvalue weighted by atomic mass is 28.4. The molecule has 0 amide bonds. The summed E-state index contributed by atoms with van der Waals surface area (Å²) in [6.07, 6.45) is 2.25. The van der Waals surface area contributed by atoms with E-state index in [0.29, 0.717) is 0 Å². The van der Waals surface area contributed by atoms with Crippen molar-refractivity contribution in [1.29, 1.82) is 0 Å². The molecule has 0 aromatic heterocycles. The summed E-state index contributed by atoms with van der Waals surface area (Å²) in [4.78, 5) is 0. The van der Waals surface area contributed by atoms with Gasteiger partial charge < -0.3 is 14.3 Å². The highest BCUT2D eigenvalue weighted by Gasteiger charge is 2.29. The van der Waals surface area contributed by atoms with Crippen molar-refractivity contribution in [3.8, 4) is 0 Å². The van der Waals surface area contributed by atoms with Gasteiger partial charge in [0.05, 0.1) is 0 Å². The molecule has 16 heavy (non-hydrogen) atoms. The molecule has 0 aliphatic rings. The molecule has 5 heteroatoms. The summed E-state index contributed by atoms with van der Waals surface area (Å²) in [5, 5.41) is 0. The molecule has 0 rings (SSSR count). The van der Waals surface area contributed by atoms with Gasteiger partial charge in [-0.05, 0) is 44.6 Å². The van der Waals surface area contributed by atoms with Gasteiger partial charge in [-0.1, -0.05) is 20.3 Å². The van der Waals surface area contributed by atoms with E-state index in [4.69, 9.17) is 14.3 Å². The Balaban J connectivity index is 4.08. The van der Waals surface area contributed by atoms with Crippen molar-refractivity contribution >= 4 is 17.6 Å². The van der Waals surface area contributed by atoms with Crippen LogP contribution >= 0.6 is 0 Å². The fourth-order valence-electron chi connectivity index (χ4n) is 1.55. The van der Waals surface area contributed by atoms with E-state index in [2.05, 4.69) is 27.3 Å². The van der Waals surface area contributed by atoms with E-state index in [-0.39, 0.29) is 0 Å². The normalized spacial score (nSPS) is 14.1. The molecular weight excluding hydrogens is 234 g/mol. The highest BCUT2D eigenvalue weighted by Crippen LogP contribution is 2.19. The van der Waals surface area contributed by atoms with Gasteiger partial charge in [0.25, 0.3) is 0 Å². The van der Waals surface area contributed by atoms with Gasteiger partial charge in [0.2, 0.25) is 0 Å². The molecule has 0 fully saturated rings. The lowest BCUT2D eigenvalue weighted by molar-refractivity contribution is 0.276. The summed E-state index contributed by atoms with van der Waals surface area (Å²) in [6.45, 7) is 10.4. The first-order valence-electron chi connectivity index (χ1n) is 6.61. The third kappa shape index (κ3) is 6.80. The largest absolute Gasteiger partial charge is 0.438 e. The van der Waals surface area contributed by atoms with Crippen LogP contribution in [0.5, 0.6) is 0 Å². The molecule has 98 valence electrons. The predicted octanol–water partition coefficient (Wildman–Crippen LogP) is 2.61. The maximum absolute atomic E-state index is 6.34. The number of rotatable bonds is 10. The fourth-order valence-corrected chi connectivity index (χ4v) is 7.83. The molecule has 0 aliphatic heterocycles. The number of unbranched alkanes of at least 4 members (excludes halogenated alkanes) is 1. The van der Waals surface area contributed by atoms with Crippen LogP contribution in [0.15, 0.2) is 0 Å². The van der Waals surface area contributed by atoms with Crippen LogP contribution in [0, 0.1) is 0 Å². The van der Waals surface area contributed by atoms with Crippen molar-refractivity contribution in [2.75, 3.05) is 13.2 Å². The van der Waals surface area contributed by atoms with E-state index in [1.54, 1.807) is 0 Å². The summed E-state index contributed by atoms with van der Waals surface area (Å²) in [5.74, 6) is 0. The van der Waals surface area contributed by atoms with Crippen LogP contribution in [0.4, 0.5) is 0 Å². The average Bonchev–Trinajstić information content (AvgIpc) is 2.29. The zero-order chi connectivity index (χ0) is 12.4. The van der Waals surface area contributed by atoms with Crippen LogP contribution in [0.1, 0.15) is 33.6 Å². The molecule has 0 radical (unpaired) electrons. The molecule has 0 saturated heterocycles. The van der Waals surface area contributed by atoms with Crippen LogP contribution in [-0.4, -0.2) is 30.8 Å². The molecule has 0 aliphatic carbocycles. The first kappa shape index (κ1) is 16.3. The average molecular weight is 264 g/mol. The van der Waals surface area contributed by atoms with Crippen molar-refractivity contribution in [1.82, 2.24) is 0 Å². The quantitative estimate of drug-likeness (QED) is 0.487. The topological polar surface area (TPSA) is 44.5 Å². The summed E-state index contributed by atoms with van der Waals surface area (Å²) in [5.41, 5.74) is 5.51. The third-order valence-corrected chi connectivity index (χ3v) is 11.1. The fraction of sp³-hybridized carbons (Fsp3) is 1.00. The van der Waals surface area contributed by atoms with Crippen LogP contribution in [-0.2, 0) is 8.54 Å². The molecule has 1 unspecified atom stereocenters. The van der Waals surface area contributed by atoms with Gasteiger partial charge in [-0.2, -0.15) is 0 Å². The van der Waals surface area contributed by atoms with E-state index < -0.39 is 17.6 Å². The lowest BCUT2D eigenvalue weighted by Gasteiger charge is -2.30. The molecular formula is C11H29NO2Si2. The molecule has 0 aromatic rings. The number of hydrogen-bond donors (Lipinski definition) is 1. The van der Waals surface area contributed by atoms with Crippen LogP contribution in [0.25, 0.3) is 0 Å². The molecule has 3 nitrogen and oxygen atoms in total. The van der Waals surface area contributed by atoms with Gasteiger partial charge in [0.15, 0.2) is 8.32 Å². The number of hydrogen-bond acceptors (Lipinski definition) is 3. The molecule has 1 atom stereocenters. The van der Waals surface area contributed by atoms with E-state index in [1.165, 1.54) is 12.1 Å². The van der Waals surface area contributed by atoms with E-state index in [0.717, 1.165) is 32.0 Å². The van der Waals surface area contributed by atoms with Gasteiger partial charge in [-0.3, -0.25) is 0 Å². The van der Waals surface area contributed by atoms with Crippen LogP contribution < -0.4 is 5.73 Å². The summed E-state index contributed by atoms with van der Waals surface area (Å²) in [7, 11) is -2.87. The van der Waals surface area contributed by atoms with Gasteiger partial charge >= 0.3 is 9.28 Å². The second-order valence-electron chi connectivity index (χ2n) is 4.44. The minimum absolute atomic E-state index is 0.781. The zero-order valence-corrected chi connectivity index (χ0v) is 13.6. The van der Waals surface area contributed by atoms with Crippen molar-refractivity contribution in [2.45, 2.75) is 58.3 Å². The maximum Gasteiger partial charge on any atom is 0.311 e. The number of nitrogens with two attached hydrogens (primary N) is 1. The first-order chi connectivity index (χ1) is 7.61. The van der Waals surface area contributed by atoms with Crippen LogP contribution in [0.2, 0.25) is 24.7 Å². The van der Waals surface area contributed by atoms with Crippen LogP contribution in [0.3, 0.4) is 0 Å². The Bertz CT molecular complexity index is 166.